The second-order valence-electron chi connectivity index (χ2n) is 10.9. The molecule has 0 aliphatic rings. The van der Waals surface area contributed by atoms with Gasteiger partial charge in [-0.1, -0.05) is 103 Å². The summed E-state index contributed by atoms with van der Waals surface area (Å²) in [6.45, 7) is 0. The monoisotopic (exact) mass is 564 g/mol. The highest BCUT2D eigenvalue weighted by molar-refractivity contribution is 6.05. The summed E-state index contributed by atoms with van der Waals surface area (Å²) in [5, 5.41) is 2.11. The van der Waals surface area contributed by atoms with Crippen LogP contribution in [0.5, 0.6) is 0 Å². The van der Waals surface area contributed by atoms with E-state index >= 15 is 0 Å². The lowest BCUT2D eigenvalue weighted by atomic mass is 10.0. The van der Waals surface area contributed by atoms with Gasteiger partial charge in [0.05, 0.1) is 0 Å². The van der Waals surface area contributed by atoms with Gasteiger partial charge in [0.25, 0.3) is 0 Å². The maximum Gasteiger partial charge on any atom is 0.138 e. The molecule has 3 heteroatoms. The predicted molar refractivity (Wildman–Crippen MR) is 183 cm³/mol. The minimum Gasteiger partial charge on any atom is -0.456 e. The number of rotatable bonds is 6. The average Bonchev–Trinajstić information content (AvgIpc) is 3.48. The van der Waals surface area contributed by atoms with Gasteiger partial charge in [-0.05, 0) is 88.0 Å². The van der Waals surface area contributed by atoms with Gasteiger partial charge in [0.15, 0.2) is 0 Å². The molecule has 0 spiro atoms. The number of hydrogen-bond donors (Lipinski definition) is 0. The first kappa shape index (κ1) is 25.8. The molecule has 0 amide bonds. The van der Waals surface area contributed by atoms with Crippen molar-refractivity contribution in [1.82, 2.24) is 4.98 Å². The van der Waals surface area contributed by atoms with Gasteiger partial charge in [-0.2, -0.15) is 0 Å². The third-order valence-electron chi connectivity index (χ3n) is 8.19. The van der Waals surface area contributed by atoms with Crippen LogP contribution in [0.2, 0.25) is 0 Å². The van der Waals surface area contributed by atoms with Gasteiger partial charge in [0.2, 0.25) is 0 Å². The maximum atomic E-state index is 6.02. The Morgan fingerprint density at radius 2 is 0.818 bits per heavy atom. The standard InChI is InChI=1S/C41H28N2O/c1-3-7-29(8-4-1)31-11-18-35(19-12-31)43(36-20-13-32(14-21-36)30-9-5-2-6-10-30)37-22-15-33(16-23-37)34-17-24-40-38(27-34)39-28-42-26-25-41(39)44-40/h1-28H. The summed E-state index contributed by atoms with van der Waals surface area (Å²) in [7, 11) is 0. The molecule has 3 nitrogen and oxygen atoms in total. The molecule has 0 unspecified atom stereocenters. The first-order valence-electron chi connectivity index (χ1n) is 14.8. The first-order valence-corrected chi connectivity index (χ1v) is 14.8. The Hall–Kier alpha value is -5.93. The zero-order valence-electron chi connectivity index (χ0n) is 24.0. The smallest absolute Gasteiger partial charge is 0.138 e. The van der Waals surface area contributed by atoms with E-state index in [0.717, 1.165) is 50.1 Å². The molecule has 0 saturated heterocycles. The summed E-state index contributed by atoms with van der Waals surface area (Å²) in [6, 6.07) is 55.7. The lowest BCUT2D eigenvalue weighted by Crippen LogP contribution is -2.09. The van der Waals surface area contributed by atoms with E-state index in [1.807, 2.05) is 18.3 Å². The van der Waals surface area contributed by atoms with Gasteiger partial charge in [0.1, 0.15) is 11.2 Å². The summed E-state index contributed by atoms with van der Waals surface area (Å²) >= 11 is 0. The van der Waals surface area contributed by atoms with Crippen molar-refractivity contribution in [1.29, 1.82) is 0 Å². The molecule has 0 atom stereocenters. The van der Waals surface area contributed by atoms with Crippen molar-refractivity contribution in [2.24, 2.45) is 0 Å². The third-order valence-corrected chi connectivity index (χ3v) is 8.19. The highest BCUT2D eigenvalue weighted by atomic mass is 16.3. The van der Waals surface area contributed by atoms with E-state index < -0.39 is 0 Å². The summed E-state index contributed by atoms with van der Waals surface area (Å²) < 4.78 is 6.02. The molecule has 0 N–H and O–H groups in total. The summed E-state index contributed by atoms with van der Waals surface area (Å²) in [6.07, 6.45) is 3.64. The highest BCUT2D eigenvalue weighted by Crippen LogP contribution is 2.38. The fourth-order valence-corrected chi connectivity index (χ4v) is 5.92. The van der Waals surface area contributed by atoms with Crippen LogP contribution >= 0.6 is 0 Å². The van der Waals surface area contributed by atoms with Crippen LogP contribution in [0.3, 0.4) is 0 Å². The Balaban J connectivity index is 1.17. The number of fused-ring (bicyclic) bond motifs is 3. The Bertz CT molecular complexity index is 2100. The molecule has 2 aromatic heterocycles. The topological polar surface area (TPSA) is 29.3 Å². The fourth-order valence-electron chi connectivity index (χ4n) is 5.92. The van der Waals surface area contributed by atoms with Crippen LogP contribution in [0.25, 0.3) is 55.3 Å². The molecule has 2 heterocycles. The van der Waals surface area contributed by atoms with E-state index in [1.165, 1.54) is 22.3 Å². The molecule has 0 aliphatic heterocycles. The molecule has 44 heavy (non-hydrogen) atoms. The molecule has 0 aliphatic carbocycles. The van der Waals surface area contributed by atoms with Crippen molar-refractivity contribution < 1.29 is 4.42 Å². The number of benzene rings is 6. The number of aromatic nitrogens is 1. The highest BCUT2D eigenvalue weighted by Gasteiger charge is 2.14. The minimum atomic E-state index is 0.856. The average molecular weight is 565 g/mol. The molecule has 8 rings (SSSR count). The SMILES string of the molecule is c1ccc(-c2ccc(N(c3ccc(-c4ccccc4)cc3)c3ccc(-c4ccc5oc6ccncc6c5c4)cc3)cc2)cc1. The fraction of sp³-hybridized carbons (Fsp3) is 0. The molecule has 0 bridgehead atoms. The molecular weight excluding hydrogens is 536 g/mol. The quantitative estimate of drug-likeness (QED) is 0.201. The number of anilines is 3. The zero-order chi connectivity index (χ0) is 29.3. The van der Waals surface area contributed by atoms with E-state index in [-0.39, 0.29) is 0 Å². The van der Waals surface area contributed by atoms with E-state index in [9.17, 15) is 0 Å². The lowest BCUT2D eigenvalue weighted by Gasteiger charge is -2.26. The van der Waals surface area contributed by atoms with Crippen molar-refractivity contribution in [2.45, 2.75) is 0 Å². The second-order valence-corrected chi connectivity index (χ2v) is 10.9. The minimum absolute atomic E-state index is 0.856. The Morgan fingerprint density at radius 3 is 1.34 bits per heavy atom. The lowest BCUT2D eigenvalue weighted by molar-refractivity contribution is 0.668. The predicted octanol–water partition coefficient (Wildman–Crippen LogP) is 11.5. The summed E-state index contributed by atoms with van der Waals surface area (Å²) in [5.41, 5.74) is 12.1. The Kier molecular flexibility index (Phi) is 6.47. The van der Waals surface area contributed by atoms with E-state index in [0.29, 0.717) is 0 Å². The summed E-state index contributed by atoms with van der Waals surface area (Å²) in [5.74, 6) is 0. The zero-order valence-corrected chi connectivity index (χ0v) is 24.0. The normalized spacial score (nSPS) is 11.2. The van der Waals surface area contributed by atoms with E-state index in [4.69, 9.17) is 4.42 Å². The van der Waals surface area contributed by atoms with Crippen LogP contribution in [-0.2, 0) is 0 Å². The second kappa shape index (κ2) is 11.0. The van der Waals surface area contributed by atoms with Crippen molar-refractivity contribution in [3.63, 3.8) is 0 Å². The van der Waals surface area contributed by atoms with Gasteiger partial charge in [-0.15, -0.1) is 0 Å². The van der Waals surface area contributed by atoms with Gasteiger partial charge in [-0.3, -0.25) is 4.98 Å². The van der Waals surface area contributed by atoms with Crippen LogP contribution < -0.4 is 4.90 Å². The Labute approximate surface area is 256 Å². The number of pyridine rings is 1. The molecule has 6 aromatic carbocycles. The van der Waals surface area contributed by atoms with Crippen molar-refractivity contribution in [2.75, 3.05) is 4.90 Å². The van der Waals surface area contributed by atoms with Crippen LogP contribution in [-0.4, -0.2) is 4.98 Å². The molecule has 8 aromatic rings. The van der Waals surface area contributed by atoms with E-state index in [1.54, 1.807) is 6.20 Å². The molecule has 208 valence electrons. The van der Waals surface area contributed by atoms with Gasteiger partial charge >= 0.3 is 0 Å². The van der Waals surface area contributed by atoms with Gasteiger partial charge in [0, 0.05) is 40.2 Å². The maximum absolute atomic E-state index is 6.02. The van der Waals surface area contributed by atoms with Crippen molar-refractivity contribution >= 4 is 39.0 Å². The third kappa shape index (κ3) is 4.81. The van der Waals surface area contributed by atoms with Crippen LogP contribution in [0, 0.1) is 0 Å². The number of furan rings is 1. The Morgan fingerprint density at radius 1 is 0.386 bits per heavy atom. The van der Waals surface area contributed by atoms with Crippen molar-refractivity contribution in [3.05, 3.63) is 170 Å². The van der Waals surface area contributed by atoms with Crippen molar-refractivity contribution in [3.8, 4) is 33.4 Å². The largest absolute Gasteiger partial charge is 0.456 e. The molecule has 0 saturated carbocycles. The van der Waals surface area contributed by atoms with Crippen LogP contribution in [0.4, 0.5) is 17.1 Å². The molecule has 0 radical (unpaired) electrons. The van der Waals surface area contributed by atoms with Crippen LogP contribution in [0.1, 0.15) is 0 Å². The van der Waals surface area contributed by atoms with E-state index in [2.05, 4.69) is 155 Å². The molecular formula is C41H28N2O. The van der Waals surface area contributed by atoms with Crippen LogP contribution in [0.15, 0.2) is 175 Å². The first-order chi connectivity index (χ1) is 21.8. The summed E-state index contributed by atoms with van der Waals surface area (Å²) in [4.78, 5) is 6.62. The molecule has 0 fully saturated rings. The number of hydrogen-bond acceptors (Lipinski definition) is 3. The number of nitrogens with zero attached hydrogens (tertiary/aromatic N) is 2. The van der Waals surface area contributed by atoms with Gasteiger partial charge < -0.3 is 9.32 Å². The van der Waals surface area contributed by atoms with Gasteiger partial charge in [-0.25, -0.2) is 0 Å².